The Kier molecular flexibility index (Phi) is 4.32. The Morgan fingerprint density at radius 1 is 1.05 bits per heavy atom. The van der Waals surface area contributed by atoms with Gasteiger partial charge in [-0.05, 0) is 29.8 Å². The largest absolute Gasteiger partial charge is 0.398 e. The molecule has 19 heavy (non-hydrogen) atoms. The fourth-order valence-electron chi connectivity index (χ4n) is 1.68. The highest BCUT2D eigenvalue weighted by Crippen LogP contribution is 2.28. The minimum absolute atomic E-state index is 0.0882. The van der Waals surface area contributed by atoms with Crippen molar-refractivity contribution in [3.05, 3.63) is 57.0 Å². The molecule has 3 nitrogen and oxygen atoms in total. The molecule has 6 heteroatoms. The number of hydrogen-bond donors (Lipinski definition) is 1. The molecule has 0 bridgehead atoms. The fraction of sp³-hybridized carbons (Fsp3) is 0.0769. The summed E-state index contributed by atoms with van der Waals surface area (Å²) in [6, 6.07) is 12.1. The van der Waals surface area contributed by atoms with Crippen LogP contribution in [-0.4, -0.2) is 8.42 Å². The van der Waals surface area contributed by atoms with Gasteiger partial charge in [0, 0.05) is 8.95 Å². The lowest BCUT2D eigenvalue weighted by atomic mass is 10.2. The van der Waals surface area contributed by atoms with Crippen molar-refractivity contribution in [2.75, 3.05) is 5.73 Å². The average Bonchev–Trinajstić information content (AvgIpc) is 2.35. The molecule has 2 aromatic rings. The fourth-order valence-corrected chi connectivity index (χ4v) is 4.35. The van der Waals surface area contributed by atoms with E-state index in [-0.39, 0.29) is 16.3 Å². The zero-order valence-corrected chi connectivity index (χ0v) is 13.8. The summed E-state index contributed by atoms with van der Waals surface area (Å²) in [5, 5.41) is 0. The Hall–Kier alpha value is -0.850. The number of hydrogen-bond acceptors (Lipinski definition) is 3. The van der Waals surface area contributed by atoms with Crippen molar-refractivity contribution in [2.24, 2.45) is 0 Å². The quantitative estimate of drug-likeness (QED) is 0.792. The Morgan fingerprint density at radius 3 is 2.42 bits per heavy atom. The highest BCUT2D eigenvalue weighted by Gasteiger charge is 2.19. The number of nitrogen functional groups attached to an aromatic ring is 1. The summed E-state index contributed by atoms with van der Waals surface area (Å²) >= 11 is 6.61. The lowest BCUT2D eigenvalue weighted by Crippen LogP contribution is -2.08. The zero-order valence-electron chi connectivity index (χ0n) is 9.81. The van der Waals surface area contributed by atoms with E-state index in [1.807, 2.05) is 12.1 Å². The molecule has 0 radical (unpaired) electrons. The van der Waals surface area contributed by atoms with Crippen LogP contribution in [0.2, 0.25) is 0 Å². The molecule has 0 aromatic heterocycles. The molecule has 0 aliphatic rings. The first-order valence-electron chi connectivity index (χ1n) is 5.41. The maximum atomic E-state index is 12.4. The van der Waals surface area contributed by atoms with Crippen molar-refractivity contribution in [3.63, 3.8) is 0 Å². The van der Waals surface area contributed by atoms with Gasteiger partial charge in [-0.15, -0.1) is 0 Å². The Morgan fingerprint density at radius 2 is 1.74 bits per heavy atom. The number of halogens is 2. The van der Waals surface area contributed by atoms with Crippen molar-refractivity contribution in [1.82, 2.24) is 0 Å². The SMILES string of the molecule is Nc1ccc(Br)cc1S(=O)(=O)Cc1ccccc1Br. The summed E-state index contributed by atoms with van der Waals surface area (Å²) < 4.78 is 26.3. The van der Waals surface area contributed by atoms with Gasteiger partial charge < -0.3 is 5.73 Å². The molecule has 100 valence electrons. The number of nitrogens with two attached hydrogens (primary N) is 1. The lowest BCUT2D eigenvalue weighted by Gasteiger charge is -2.09. The van der Waals surface area contributed by atoms with Gasteiger partial charge in [-0.25, -0.2) is 8.42 Å². The van der Waals surface area contributed by atoms with Gasteiger partial charge in [-0.3, -0.25) is 0 Å². The van der Waals surface area contributed by atoms with E-state index in [0.717, 1.165) is 4.47 Å². The molecule has 0 heterocycles. The molecule has 0 unspecified atom stereocenters. The van der Waals surface area contributed by atoms with E-state index >= 15 is 0 Å². The van der Waals surface area contributed by atoms with Crippen LogP contribution < -0.4 is 5.73 Å². The molecular weight excluding hydrogens is 394 g/mol. The van der Waals surface area contributed by atoms with Crippen LogP contribution in [-0.2, 0) is 15.6 Å². The minimum Gasteiger partial charge on any atom is -0.398 e. The average molecular weight is 405 g/mol. The number of sulfone groups is 1. The summed E-state index contributed by atoms with van der Waals surface area (Å²) in [5.74, 6) is -0.0882. The first-order valence-corrected chi connectivity index (χ1v) is 8.65. The zero-order chi connectivity index (χ0) is 14.0. The second kappa shape index (κ2) is 5.64. The molecule has 2 N–H and O–H groups in total. The monoisotopic (exact) mass is 403 g/mol. The molecule has 0 spiro atoms. The standard InChI is InChI=1S/C13H11Br2NO2S/c14-10-5-6-12(16)13(7-10)19(17,18)8-9-3-1-2-4-11(9)15/h1-7H,8,16H2. The van der Waals surface area contributed by atoms with Gasteiger partial charge >= 0.3 is 0 Å². The van der Waals surface area contributed by atoms with E-state index in [0.29, 0.717) is 10.0 Å². The van der Waals surface area contributed by atoms with E-state index in [1.54, 1.807) is 24.3 Å². The molecular formula is C13H11Br2NO2S. The van der Waals surface area contributed by atoms with E-state index in [1.165, 1.54) is 6.07 Å². The predicted molar refractivity (Wildman–Crippen MR) is 83.6 cm³/mol. The van der Waals surface area contributed by atoms with Crippen LogP contribution in [0.5, 0.6) is 0 Å². The summed E-state index contributed by atoms with van der Waals surface area (Å²) in [4.78, 5) is 0.151. The van der Waals surface area contributed by atoms with Crippen molar-refractivity contribution in [3.8, 4) is 0 Å². The highest BCUT2D eigenvalue weighted by molar-refractivity contribution is 9.10. The summed E-state index contributed by atoms with van der Waals surface area (Å²) in [7, 11) is -3.47. The van der Waals surface area contributed by atoms with Gasteiger partial charge in [0.15, 0.2) is 9.84 Å². The second-order valence-electron chi connectivity index (χ2n) is 4.03. The Balaban J connectivity index is 2.44. The summed E-state index contributed by atoms with van der Waals surface area (Å²) in [6.07, 6.45) is 0. The normalized spacial score (nSPS) is 11.5. The summed E-state index contributed by atoms with van der Waals surface area (Å²) in [5.41, 5.74) is 6.73. The van der Waals surface area contributed by atoms with E-state index in [2.05, 4.69) is 31.9 Å². The summed E-state index contributed by atoms with van der Waals surface area (Å²) in [6.45, 7) is 0. The van der Waals surface area contributed by atoms with Crippen molar-refractivity contribution in [1.29, 1.82) is 0 Å². The van der Waals surface area contributed by atoms with Crippen LogP contribution in [0.3, 0.4) is 0 Å². The Labute approximate surface area is 129 Å². The molecule has 0 fully saturated rings. The van der Waals surface area contributed by atoms with Gasteiger partial charge in [0.1, 0.15) is 0 Å². The molecule has 0 aliphatic heterocycles. The smallest absolute Gasteiger partial charge is 0.184 e. The Bertz CT molecular complexity index is 714. The second-order valence-corrected chi connectivity index (χ2v) is 7.76. The predicted octanol–water partition coefficient (Wildman–Crippen LogP) is 3.77. The molecule has 0 amide bonds. The van der Waals surface area contributed by atoms with Gasteiger partial charge in [-0.1, -0.05) is 50.1 Å². The number of anilines is 1. The van der Waals surface area contributed by atoms with Crippen LogP contribution in [0, 0.1) is 0 Å². The van der Waals surface area contributed by atoms with Crippen molar-refractivity contribution >= 4 is 47.4 Å². The highest BCUT2D eigenvalue weighted by atomic mass is 79.9. The van der Waals surface area contributed by atoms with Crippen LogP contribution >= 0.6 is 31.9 Å². The maximum Gasteiger partial charge on any atom is 0.184 e. The van der Waals surface area contributed by atoms with Gasteiger partial charge in [0.2, 0.25) is 0 Å². The van der Waals surface area contributed by atoms with Gasteiger partial charge in [0.05, 0.1) is 16.3 Å². The third-order valence-corrected chi connectivity index (χ3v) is 5.60. The van der Waals surface area contributed by atoms with Crippen LogP contribution in [0.1, 0.15) is 5.56 Å². The van der Waals surface area contributed by atoms with Crippen molar-refractivity contribution < 1.29 is 8.42 Å². The van der Waals surface area contributed by atoms with Gasteiger partial charge in [0.25, 0.3) is 0 Å². The molecule has 0 atom stereocenters. The molecule has 0 aliphatic carbocycles. The first-order chi connectivity index (χ1) is 8.90. The van der Waals surface area contributed by atoms with E-state index < -0.39 is 9.84 Å². The first kappa shape index (κ1) is 14.6. The van der Waals surface area contributed by atoms with E-state index in [4.69, 9.17) is 5.73 Å². The van der Waals surface area contributed by atoms with E-state index in [9.17, 15) is 8.42 Å². The maximum absolute atomic E-state index is 12.4. The van der Waals surface area contributed by atoms with Crippen LogP contribution in [0.25, 0.3) is 0 Å². The topological polar surface area (TPSA) is 60.2 Å². The molecule has 0 saturated carbocycles. The number of benzene rings is 2. The lowest BCUT2D eigenvalue weighted by molar-refractivity contribution is 0.595. The van der Waals surface area contributed by atoms with Crippen LogP contribution in [0.4, 0.5) is 5.69 Å². The molecule has 2 aromatic carbocycles. The van der Waals surface area contributed by atoms with Crippen LogP contribution in [0.15, 0.2) is 56.3 Å². The minimum atomic E-state index is -3.47. The number of rotatable bonds is 3. The molecule has 2 rings (SSSR count). The van der Waals surface area contributed by atoms with Gasteiger partial charge in [-0.2, -0.15) is 0 Å². The molecule has 0 saturated heterocycles. The van der Waals surface area contributed by atoms with Crippen molar-refractivity contribution in [2.45, 2.75) is 10.6 Å². The third-order valence-electron chi connectivity index (χ3n) is 2.61. The third kappa shape index (κ3) is 3.38.